The molecule has 1 saturated heterocycles. The van der Waals surface area contributed by atoms with Crippen LogP contribution in [-0.2, 0) is 17.6 Å². The second-order valence-electron chi connectivity index (χ2n) is 7.80. The van der Waals surface area contributed by atoms with E-state index in [1.54, 1.807) is 24.3 Å². The monoisotopic (exact) mass is 396 g/mol. The van der Waals surface area contributed by atoms with E-state index in [9.17, 15) is 9.59 Å². The normalized spacial score (nSPS) is 16.6. The predicted octanol–water partition coefficient (Wildman–Crippen LogP) is 3.32. The zero-order chi connectivity index (χ0) is 20.1. The van der Waals surface area contributed by atoms with Gasteiger partial charge in [0.1, 0.15) is 5.75 Å². The van der Waals surface area contributed by atoms with E-state index >= 15 is 0 Å². The summed E-state index contributed by atoms with van der Waals surface area (Å²) in [7, 11) is 0. The molecule has 0 radical (unpaired) electrons. The largest absolute Gasteiger partial charge is 0.484 e. The standard InChI is InChI=1S/C22H28N4O3/c27-20(26-13-5-6-14-26)15-29-17-11-9-16(10-12-17)23-22(28)21-18-7-3-1-2-4-8-19(18)24-25-21/h9-12H,1-8,13-15H2,(H,23,28)(H,24,25). The molecule has 2 aliphatic rings. The molecule has 1 aromatic carbocycles. The van der Waals surface area contributed by atoms with Crippen LogP contribution in [0, 0.1) is 0 Å². The Labute approximate surface area is 170 Å². The minimum Gasteiger partial charge on any atom is -0.484 e. The number of aromatic nitrogens is 2. The Morgan fingerprint density at radius 3 is 2.48 bits per heavy atom. The number of nitrogens with one attached hydrogen (secondary N) is 2. The Bertz CT molecular complexity index is 853. The van der Waals surface area contributed by atoms with Crippen LogP contribution in [0.2, 0.25) is 0 Å². The number of ether oxygens (including phenoxy) is 1. The number of carbonyl (C=O) groups is 2. The van der Waals surface area contributed by atoms with Gasteiger partial charge >= 0.3 is 0 Å². The fraction of sp³-hybridized carbons (Fsp3) is 0.500. The summed E-state index contributed by atoms with van der Waals surface area (Å²) in [6.45, 7) is 1.69. The van der Waals surface area contributed by atoms with Crippen molar-refractivity contribution in [3.63, 3.8) is 0 Å². The van der Waals surface area contributed by atoms with Crippen LogP contribution in [0.25, 0.3) is 0 Å². The minimum atomic E-state index is -0.194. The number of H-pyrrole nitrogens is 1. The number of likely N-dealkylation sites (tertiary alicyclic amines) is 1. The van der Waals surface area contributed by atoms with Crippen LogP contribution in [0.4, 0.5) is 5.69 Å². The van der Waals surface area contributed by atoms with E-state index in [1.165, 1.54) is 12.8 Å². The van der Waals surface area contributed by atoms with Crippen molar-refractivity contribution in [2.75, 3.05) is 25.0 Å². The molecule has 2 N–H and O–H groups in total. The van der Waals surface area contributed by atoms with Gasteiger partial charge in [0.05, 0.1) is 0 Å². The van der Waals surface area contributed by atoms with E-state index in [2.05, 4.69) is 15.5 Å². The minimum absolute atomic E-state index is 0.0231. The molecule has 0 saturated carbocycles. The first-order chi connectivity index (χ1) is 14.2. The predicted molar refractivity (Wildman–Crippen MR) is 110 cm³/mol. The van der Waals surface area contributed by atoms with Crippen molar-refractivity contribution in [2.45, 2.75) is 51.4 Å². The quantitative estimate of drug-likeness (QED) is 0.812. The van der Waals surface area contributed by atoms with Gasteiger partial charge < -0.3 is 15.0 Å². The van der Waals surface area contributed by atoms with E-state index in [-0.39, 0.29) is 18.4 Å². The number of amides is 2. The van der Waals surface area contributed by atoms with Gasteiger partial charge in [-0.05, 0) is 62.8 Å². The molecular formula is C22H28N4O3. The van der Waals surface area contributed by atoms with Crippen LogP contribution in [-0.4, -0.2) is 46.6 Å². The average Bonchev–Trinajstić information content (AvgIpc) is 3.37. The van der Waals surface area contributed by atoms with Crippen LogP contribution in [0.15, 0.2) is 24.3 Å². The maximum Gasteiger partial charge on any atom is 0.276 e. The average molecular weight is 396 g/mol. The third kappa shape index (κ3) is 4.78. The van der Waals surface area contributed by atoms with E-state index in [0.717, 1.165) is 62.9 Å². The molecular weight excluding hydrogens is 368 g/mol. The summed E-state index contributed by atoms with van der Waals surface area (Å²) in [6, 6.07) is 7.10. The van der Waals surface area contributed by atoms with Gasteiger partial charge in [0.15, 0.2) is 12.3 Å². The fourth-order valence-corrected chi connectivity index (χ4v) is 4.05. The number of aromatic amines is 1. The number of hydrogen-bond donors (Lipinski definition) is 2. The summed E-state index contributed by atoms with van der Waals surface area (Å²) in [6.07, 6.45) is 8.65. The van der Waals surface area contributed by atoms with Crippen molar-refractivity contribution in [1.29, 1.82) is 0 Å². The summed E-state index contributed by atoms with van der Waals surface area (Å²) in [5.74, 6) is 0.441. The molecule has 1 aliphatic heterocycles. The Hall–Kier alpha value is -2.83. The number of anilines is 1. The fourth-order valence-electron chi connectivity index (χ4n) is 4.05. The second kappa shape index (κ2) is 9.11. The Balaban J connectivity index is 1.34. The number of fused-ring (bicyclic) bond motifs is 1. The van der Waals surface area contributed by atoms with Crippen LogP contribution in [0.1, 0.15) is 60.3 Å². The van der Waals surface area contributed by atoms with Gasteiger partial charge in [-0.2, -0.15) is 5.10 Å². The number of aryl methyl sites for hydroxylation is 1. The molecule has 1 aromatic heterocycles. The Kier molecular flexibility index (Phi) is 6.12. The molecule has 1 fully saturated rings. The van der Waals surface area contributed by atoms with E-state index in [0.29, 0.717) is 17.1 Å². The molecule has 0 unspecified atom stereocenters. The van der Waals surface area contributed by atoms with E-state index in [1.807, 2.05) is 4.90 Å². The molecule has 0 bridgehead atoms. The summed E-state index contributed by atoms with van der Waals surface area (Å²) in [4.78, 5) is 26.6. The molecule has 2 amide bonds. The Morgan fingerprint density at radius 1 is 1.00 bits per heavy atom. The Morgan fingerprint density at radius 2 is 1.72 bits per heavy atom. The van der Waals surface area contributed by atoms with Crippen LogP contribution < -0.4 is 10.1 Å². The van der Waals surface area contributed by atoms with Crippen molar-refractivity contribution in [2.24, 2.45) is 0 Å². The third-order valence-corrected chi connectivity index (χ3v) is 5.70. The SMILES string of the molecule is O=C(Nc1ccc(OCC(=O)N2CCCC2)cc1)c1n[nH]c2c1CCCCCC2. The van der Waals surface area contributed by atoms with Gasteiger partial charge in [-0.25, -0.2) is 0 Å². The molecule has 154 valence electrons. The third-order valence-electron chi connectivity index (χ3n) is 5.70. The zero-order valence-corrected chi connectivity index (χ0v) is 16.7. The van der Waals surface area contributed by atoms with Crippen molar-refractivity contribution < 1.29 is 14.3 Å². The summed E-state index contributed by atoms with van der Waals surface area (Å²) in [5.41, 5.74) is 3.33. The highest BCUT2D eigenvalue weighted by Gasteiger charge is 2.21. The summed E-state index contributed by atoms with van der Waals surface area (Å²) >= 11 is 0. The molecule has 1 aliphatic carbocycles. The van der Waals surface area contributed by atoms with Crippen molar-refractivity contribution in [1.82, 2.24) is 15.1 Å². The number of nitrogens with zero attached hydrogens (tertiary/aromatic N) is 2. The highest BCUT2D eigenvalue weighted by atomic mass is 16.5. The molecule has 29 heavy (non-hydrogen) atoms. The lowest BCUT2D eigenvalue weighted by atomic mass is 9.97. The van der Waals surface area contributed by atoms with Crippen molar-refractivity contribution >= 4 is 17.5 Å². The molecule has 2 heterocycles. The zero-order valence-electron chi connectivity index (χ0n) is 16.7. The molecule has 7 heteroatoms. The van der Waals surface area contributed by atoms with Crippen LogP contribution in [0.3, 0.4) is 0 Å². The molecule has 2 aromatic rings. The molecule has 0 atom stereocenters. The lowest BCUT2D eigenvalue weighted by molar-refractivity contribution is -0.132. The first-order valence-corrected chi connectivity index (χ1v) is 10.6. The molecule has 0 spiro atoms. The topological polar surface area (TPSA) is 87.3 Å². The van der Waals surface area contributed by atoms with Gasteiger partial charge in [0.25, 0.3) is 11.8 Å². The maximum atomic E-state index is 12.7. The highest BCUT2D eigenvalue weighted by molar-refractivity contribution is 6.04. The smallest absolute Gasteiger partial charge is 0.276 e. The maximum absolute atomic E-state index is 12.7. The first-order valence-electron chi connectivity index (χ1n) is 10.6. The lowest BCUT2D eigenvalue weighted by Gasteiger charge is -2.15. The van der Waals surface area contributed by atoms with Crippen molar-refractivity contribution in [3.05, 3.63) is 41.2 Å². The van der Waals surface area contributed by atoms with Gasteiger partial charge in [0, 0.05) is 30.0 Å². The van der Waals surface area contributed by atoms with E-state index < -0.39 is 0 Å². The van der Waals surface area contributed by atoms with Crippen LogP contribution in [0.5, 0.6) is 5.75 Å². The number of benzene rings is 1. The van der Waals surface area contributed by atoms with Gasteiger partial charge in [-0.3, -0.25) is 14.7 Å². The van der Waals surface area contributed by atoms with Gasteiger partial charge in [0.2, 0.25) is 0 Å². The summed E-state index contributed by atoms with van der Waals surface area (Å²) in [5, 5.41) is 10.2. The molecule has 4 rings (SSSR count). The highest BCUT2D eigenvalue weighted by Crippen LogP contribution is 2.23. The number of rotatable bonds is 5. The van der Waals surface area contributed by atoms with Crippen LogP contribution >= 0.6 is 0 Å². The summed E-state index contributed by atoms with van der Waals surface area (Å²) < 4.78 is 5.59. The van der Waals surface area contributed by atoms with Gasteiger partial charge in [-0.15, -0.1) is 0 Å². The number of carbonyl (C=O) groups excluding carboxylic acids is 2. The number of hydrogen-bond acceptors (Lipinski definition) is 4. The van der Waals surface area contributed by atoms with E-state index in [4.69, 9.17) is 4.74 Å². The van der Waals surface area contributed by atoms with Crippen molar-refractivity contribution in [3.8, 4) is 5.75 Å². The first kappa shape index (κ1) is 19.5. The van der Waals surface area contributed by atoms with Gasteiger partial charge in [-0.1, -0.05) is 12.8 Å². The lowest BCUT2D eigenvalue weighted by Crippen LogP contribution is -2.32. The second-order valence-corrected chi connectivity index (χ2v) is 7.80. The molecule has 7 nitrogen and oxygen atoms in total.